The second-order valence-corrected chi connectivity index (χ2v) is 4.17. The maximum atomic E-state index is 5.31. The van der Waals surface area contributed by atoms with E-state index in [4.69, 9.17) is 4.74 Å². The minimum absolute atomic E-state index is 0.447. The fourth-order valence-electron chi connectivity index (χ4n) is 1.34. The largest absolute Gasteiger partial charge is 0.496 e. The van der Waals surface area contributed by atoms with E-state index in [9.17, 15) is 0 Å². The molecule has 3 heteroatoms. The van der Waals surface area contributed by atoms with Gasteiger partial charge in [0.05, 0.1) is 7.11 Å². The lowest BCUT2D eigenvalue weighted by Crippen LogP contribution is -2.23. The Morgan fingerprint density at radius 1 is 1.50 bits per heavy atom. The molecule has 1 aromatic rings. The Hall–Kier alpha value is -0.540. The van der Waals surface area contributed by atoms with E-state index in [0.29, 0.717) is 6.04 Å². The summed E-state index contributed by atoms with van der Waals surface area (Å²) in [6.07, 6.45) is 0.959. The number of hydrogen-bond donors (Lipinski definition) is 1. The van der Waals surface area contributed by atoms with Gasteiger partial charge in [-0.25, -0.2) is 0 Å². The first-order chi connectivity index (χ1) is 6.69. The van der Waals surface area contributed by atoms with E-state index in [1.165, 1.54) is 5.56 Å². The summed E-state index contributed by atoms with van der Waals surface area (Å²) in [5.41, 5.74) is 1.22. The molecule has 0 aliphatic rings. The molecule has 0 saturated heterocycles. The Balaban J connectivity index is 2.92. The molecule has 1 rings (SSSR count). The van der Waals surface area contributed by atoms with Gasteiger partial charge in [0.15, 0.2) is 0 Å². The summed E-state index contributed by atoms with van der Waals surface area (Å²) in [5, 5.41) is 3.22. The minimum atomic E-state index is 0.447. The van der Waals surface area contributed by atoms with Crippen molar-refractivity contribution >= 4 is 15.9 Å². The second kappa shape index (κ2) is 5.37. The van der Waals surface area contributed by atoms with Crippen LogP contribution in [0.4, 0.5) is 0 Å². The highest BCUT2D eigenvalue weighted by atomic mass is 79.9. The maximum Gasteiger partial charge on any atom is 0.123 e. The van der Waals surface area contributed by atoms with Crippen LogP contribution in [0, 0.1) is 0 Å². The summed E-state index contributed by atoms with van der Waals surface area (Å²) < 4.78 is 6.42. The minimum Gasteiger partial charge on any atom is -0.496 e. The molecule has 0 fully saturated rings. The number of methoxy groups -OCH3 is 1. The summed E-state index contributed by atoms with van der Waals surface area (Å²) in [4.78, 5) is 0. The van der Waals surface area contributed by atoms with Gasteiger partial charge in [-0.05, 0) is 32.5 Å². The fraction of sp³-hybridized carbons (Fsp3) is 0.455. The first-order valence-corrected chi connectivity index (χ1v) is 5.47. The van der Waals surface area contributed by atoms with Gasteiger partial charge in [0.1, 0.15) is 5.75 Å². The Kier molecular flexibility index (Phi) is 4.42. The van der Waals surface area contributed by atoms with Crippen LogP contribution in [0.15, 0.2) is 22.7 Å². The van der Waals surface area contributed by atoms with Crippen LogP contribution in [0.1, 0.15) is 12.5 Å². The molecule has 0 radical (unpaired) electrons. The van der Waals surface area contributed by atoms with Crippen molar-refractivity contribution in [2.45, 2.75) is 19.4 Å². The monoisotopic (exact) mass is 257 g/mol. The van der Waals surface area contributed by atoms with Crippen LogP contribution in [-0.2, 0) is 6.42 Å². The number of likely N-dealkylation sites (N-methyl/N-ethyl adjacent to an activating group) is 1. The topological polar surface area (TPSA) is 21.3 Å². The Morgan fingerprint density at radius 3 is 2.79 bits per heavy atom. The number of benzene rings is 1. The van der Waals surface area contributed by atoms with Crippen LogP contribution >= 0.6 is 15.9 Å². The summed E-state index contributed by atoms with van der Waals surface area (Å²) >= 11 is 3.54. The second-order valence-electron chi connectivity index (χ2n) is 3.31. The molecule has 0 amide bonds. The van der Waals surface area contributed by atoms with Crippen molar-refractivity contribution < 1.29 is 4.74 Å². The molecular weight excluding hydrogens is 242 g/mol. The van der Waals surface area contributed by atoms with Crippen molar-refractivity contribution in [1.82, 2.24) is 5.32 Å². The number of ether oxygens (including phenoxy) is 1. The van der Waals surface area contributed by atoms with Gasteiger partial charge in [-0.3, -0.25) is 0 Å². The number of hydrogen-bond acceptors (Lipinski definition) is 2. The van der Waals surface area contributed by atoms with Gasteiger partial charge in [0, 0.05) is 16.1 Å². The highest BCUT2D eigenvalue weighted by molar-refractivity contribution is 9.10. The van der Waals surface area contributed by atoms with Crippen LogP contribution < -0.4 is 10.1 Å². The van der Waals surface area contributed by atoms with Crippen molar-refractivity contribution in [3.8, 4) is 5.75 Å². The highest BCUT2D eigenvalue weighted by Crippen LogP contribution is 2.27. The molecular formula is C11H16BrNO. The molecule has 0 aliphatic heterocycles. The zero-order chi connectivity index (χ0) is 10.6. The molecule has 1 atom stereocenters. The normalized spacial score (nSPS) is 12.6. The van der Waals surface area contributed by atoms with E-state index in [1.807, 2.05) is 25.2 Å². The van der Waals surface area contributed by atoms with E-state index >= 15 is 0 Å². The third-order valence-corrected chi connectivity index (χ3v) is 3.04. The first kappa shape index (κ1) is 11.5. The van der Waals surface area contributed by atoms with Gasteiger partial charge in [-0.1, -0.05) is 22.0 Å². The number of rotatable bonds is 4. The third kappa shape index (κ3) is 2.72. The van der Waals surface area contributed by atoms with Crippen LogP contribution in [0.5, 0.6) is 5.75 Å². The highest BCUT2D eigenvalue weighted by Gasteiger charge is 2.09. The molecule has 14 heavy (non-hydrogen) atoms. The average molecular weight is 258 g/mol. The van der Waals surface area contributed by atoms with E-state index in [1.54, 1.807) is 7.11 Å². The Labute approximate surface area is 93.8 Å². The fourth-order valence-corrected chi connectivity index (χ4v) is 1.85. The predicted molar refractivity (Wildman–Crippen MR) is 62.9 cm³/mol. The molecule has 78 valence electrons. The SMILES string of the molecule is CNC(C)Cc1c(Br)cccc1OC. The van der Waals surface area contributed by atoms with E-state index in [0.717, 1.165) is 16.6 Å². The third-order valence-electron chi connectivity index (χ3n) is 2.30. The van der Waals surface area contributed by atoms with E-state index in [2.05, 4.69) is 28.2 Å². The maximum absolute atomic E-state index is 5.31. The average Bonchev–Trinajstić information content (AvgIpc) is 2.20. The summed E-state index contributed by atoms with van der Waals surface area (Å²) in [7, 11) is 3.67. The van der Waals surface area contributed by atoms with Gasteiger partial charge in [-0.15, -0.1) is 0 Å². The van der Waals surface area contributed by atoms with Crippen LogP contribution in [0.3, 0.4) is 0 Å². The molecule has 0 aromatic heterocycles. The Bertz CT molecular complexity index is 301. The molecule has 0 bridgehead atoms. The van der Waals surface area contributed by atoms with Crippen molar-refractivity contribution in [2.24, 2.45) is 0 Å². The lowest BCUT2D eigenvalue weighted by atomic mass is 10.1. The zero-order valence-electron chi connectivity index (χ0n) is 8.80. The van der Waals surface area contributed by atoms with Crippen LogP contribution in [0.25, 0.3) is 0 Å². The summed E-state index contributed by atoms with van der Waals surface area (Å²) in [6, 6.07) is 6.46. The van der Waals surface area contributed by atoms with Gasteiger partial charge < -0.3 is 10.1 Å². The molecule has 1 aromatic carbocycles. The molecule has 1 N–H and O–H groups in total. The predicted octanol–water partition coefficient (Wildman–Crippen LogP) is 2.61. The molecule has 0 aliphatic carbocycles. The summed E-state index contributed by atoms with van der Waals surface area (Å²) in [6.45, 7) is 2.15. The van der Waals surface area contributed by atoms with E-state index in [-0.39, 0.29) is 0 Å². The molecule has 1 unspecified atom stereocenters. The standard InChI is InChI=1S/C11H16BrNO/c1-8(13-2)7-9-10(12)5-4-6-11(9)14-3/h4-6,8,13H,7H2,1-3H3. The first-order valence-electron chi connectivity index (χ1n) is 4.67. The quantitative estimate of drug-likeness (QED) is 0.896. The van der Waals surface area contributed by atoms with Crippen LogP contribution in [-0.4, -0.2) is 20.2 Å². The van der Waals surface area contributed by atoms with Crippen molar-refractivity contribution in [3.05, 3.63) is 28.2 Å². The van der Waals surface area contributed by atoms with E-state index < -0.39 is 0 Å². The lowest BCUT2D eigenvalue weighted by molar-refractivity contribution is 0.406. The summed E-state index contributed by atoms with van der Waals surface area (Å²) in [5.74, 6) is 0.946. The van der Waals surface area contributed by atoms with Gasteiger partial charge in [0.2, 0.25) is 0 Å². The Morgan fingerprint density at radius 2 is 2.21 bits per heavy atom. The van der Waals surface area contributed by atoms with Crippen molar-refractivity contribution in [1.29, 1.82) is 0 Å². The number of halogens is 1. The van der Waals surface area contributed by atoms with Crippen molar-refractivity contribution in [3.63, 3.8) is 0 Å². The van der Waals surface area contributed by atoms with Gasteiger partial charge in [-0.2, -0.15) is 0 Å². The van der Waals surface area contributed by atoms with Crippen molar-refractivity contribution in [2.75, 3.05) is 14.2 Å². The number of nitrogens with one attached hydrogen (secondary N) is 1. The van der Waals surface area contributed by atoms with Crippen LogP contribution in [0.2, 0.25) is 0 Å². The molecule has 2 nitrogen and oxygen atoms in total. The van der Waals surface area contributed by atoms with Gasteiger partial charge >= 0.3 is 0 Å². The molecule has 0 spiro atoms. The molecule has 0 heterocycles. The lowest BCUT2D eigenvalue weighted by Gasteiger charge is -2.14. The van der Waals surface area contributed by atoms with Gasteiger partial charge in [0.25, 0.3) is 0 Å². The molecule has 0 saturated carbocycles. The smallest absolute Gasteiger partial charge is 0.123 e. The zero-order valence-corrected chi connectivity index (χ0v) is 10.4.